The molecule has 20 heavy (non-hydrogen) atoms. The first-order chi connectivity index (χ1) is 9.72. The number of phenolic OH excluding ortho intramolecular Hbond substituents is 2. The predicted molar refractivity (Wildman–Crippen MR) is 79.9 cm³/mol. The van der Waals surface area contributed by atoms with Crippen LogP contribution in [0.1, 0.15) is 0 Å². The number of hydrogen-bond donors (Lipinski definition) is 4. The fourth-order valence-corrected chi connectivity index (χ4v) is 2.07. The summed E-state index contributed by atoms with van der Waals surface area (Å²) in [5.41, 5.74) is 1.94. The monoisotopic (exact) mass is 266 g/mol. The van der Waals surface area contributed by atoms with Gasteiger partial charge in [-0.1, -0.05) is 0 Å². The highest BCUT2D eigenvalue weighted by atomic mass is 16.3. The van der Waals surface area contributed by atoms with E-state index in [2.05, 4.69) is 9.97 Å². The molecular weight excluding hydrogens is 252 g/mol. The molecule has 100 valence electrons. The van der Waals surface area contributed by atoms with Gasteiger partial charge in [0.25, 0.3) is 0 Å². The average molecular weight is 266 g/mol. The first-order valence-electron chi connectivity index (χ1n) is 6.24. The second-order valence-corrected chi connectivity index (χ2v) is 4.50. The molecule has 2 heterocycles. The number of benzene rings is 2. The Bertz CT molecular complexity index is 774. The lowest BCUT2D eigenvalue weighted by Crippen LogP contribution is -1.65. The van der Waals surface area contributed by atoms with Crippen molar-refractivity contribution in [3.8, 4) is 11.5 Å². The van der Waals surface area contributed by atoms with Crippen molar-refractivity contribution in [3.05, 3.63) is 60.9 Å². The second-order valence-electron chi connectivity index (χ2n) is 4.50. The molecule has 0 spiro atoms. The van der Waals surface area contributed by atoms with Gasteiger partial charge in [-0.15, -0.1) is 0 Å². The number of aromatic hydroxyl groups is 2. The molecular formula is C16H14N2O2. The molecule has 0 aliphatic carbocycles. The molecule has 2 aromatic heterocycles. The summed E-state index contributed by atoms with van der Waals surface area (Å²) in [5.74, 6) is 0.602. The van der Waals surface area contributed by atoms with Crippen LogP contribution >= 0.6 is 0 Å². The molecule has 2 aromatic carbocycles. The van der Waals surface area contributed by atoms with Crippen LogP contribution in [0.5, 0.6) is 11.5 Å². The van der Waals surface area contributed by atoms with E-state index in [0.29, 0.717) is 11.5 Å². The van der Waals surface area contributed by atoms with Crippen LogP contribution in [0.4, 0.5) is 0 Å². The van der Waals surface area contributed by atoms with Gasteiger partial charge in [0.05, 0.1) is 0 Å². The largest absolute Gasteiger partial charge is 0.508 e. The molecule has 4 aromatic rings. The Morgan fingerprint density at radius 1 is 0.600 bits per heavy atom. The van der Waals surface area contributed by atoms with Crippen molar-refractivity contribution >= 4 is 21.8 Å². The average Bonchev–Trinajstić information content (AvgIpc) is 3.06. The van der Waals surface area contributed by atoms with Crippen molar-refractivity contribution in [3.63, 3.8) is 0 Å². The lowest BCUT2D eigenvalue weighted by Gasteiger charge is -1.89. The predicted octanol–water partition coefficient (Wildman–Crippen LogP) is 3.75. The molecule has 0 bridgehead atoms. The molecule has 4 heteroatoms. The van der Waals surface area contributed by atoms with E-state index < -0.39 is 0 Å². The van der Waals surface area contributed by atoms with Gasteiger partial charge in [0.1, 0.15) is 11.5 Å². The normalized spacial score (nSPS) is 10.4. The van der Waals surface area contributed by atoms with Crippen molar-refractivity contribution in [1.82, 2.24) is 9.97 Å². The number of aromatic amines is 2. The molecule has 0 radical (unpaired) electrons. The van der Waals surface area contributed by atoms with Crippen LogP contribution in [-0.4, -0.2) is 20.2 Å². The summed E-state index contributed by atoms with van der Waals surface area (Å²) in [7, 11) is 0. The summed E-state index contributed by atoms with van der Waals surface area (Å²) in [5, 5.41) is 20.3. The van der Waals surface area contributed by atoms with Crippen LogP contribution in [0.3, 0.4) is 0 Å². The van der Waals surface area contributed by atoms with Crippen LogP contribution in [0.15, 0.2) is 60.9 Å². The molecule has 4 rings (SSSR count). The third-order valence-electron chi connectivity index (χ3n) is 3.08. The number of nitrogens with one attached hydrogen (secondary N) is 2. The van der Waals surface area contributed by atoms with Crippen molar-refractivity contribution in [2.45, 2.75) is 0 Å². The fraction of sp³-hybridized carbons (Fsp3) is 0. The number of rotatable bonds is 0. The first kappa shape index (κ1) is 12.2. The van der Waals surface area contributed by atoms with E-state index in [1.165, 1.54) is 0 Å². The van der Waals surface area contributed by atoms with Gasteiger partial charge in [0.2, 0.25) is 0 Å². The molecule has 0 unspecified atom stereocenters. The van der Waals surface area contributed by atoms with Crippen LogP contribution in [0.2, 0.25) is 0 Å². The Kier molecular flexibility index (Phi) is 3.05. The minimum Gasteiger partial charge on any atom is -0.508 e. The third-order valence-corrected chi connectivity index (χ3v) is 3.08. The Morgan fingerprint density at radius 3 is 1.50 bits per heavy atom. The topological polar surface area (TPSA) is 72.0 Å². The maximum Gasteiger partial charge on any atom is 0.117 e. The SMILES string of the molecule is Oc1ccc2cc[nH]c2c1.Oc1ccc2cc[nH]c2c1. The highest BCUT2D eigenvalue weighted by Crippen LogP contribution is 2.18. The zero-order chi connectivity index (χ0) is 13.9. The highest BCUT2D eigenvalue weighted by molar-refractivity contribution is 5.81. The van der Waals surface area contributed by atoms with Gasteiger partial charge in [-0.2, -0.15) is 0 Å². The summed E-state index contributed by atoms with van der Waals surface area (Å²) in [6.45, 7) is 0. The molecule has 0 fully saturated rings. The summed E-state index contributed by atoms with van der Waals surface area (Å²) >= 11 is 0. The van der Waals surface area contributed by atoms with E-state index in [1.807, 2.05) is 36.7 Å². The summed E-state index contributed by atoms with van der Waals surface area (Å²) in [6, 6.07) is 14.4. The summed E-state index contributed by atoms with van der Waals surface area (Å²) in [4.78, 5) is 6.00. The van der Waals surface area contributed by atoms with Gasteiger partial charge in [0.15, 0.2) is 0 Å². The van der Waals surface area contributed by atoms with E-state index in [4.69, 9.17) is 10.2 Å². The number of aromatic nitrogens is 2. The highest BCUT2D eigenvalue weighted by Gasteiger charge is 1.93. The maximum atomic E-state index is 9.03. The smallest absolute Gasteiger partial charge is 0.117 e. The summed E-state index contributed by atoms with van der Waals surface area (Å²) < 4.78 is 0. The van der Waals surface area contributed by atoms with E-state index in [-0.39, 0.29) is 0 Å². The third kappa shape index (κ3) is 2.44. The van der Waals surface area contributed by atoms with Crippen LogP contribution < -0.4 is 0 Å². The minimum absolute atomic E-state index is 0.301. The number of fused-ring (bicyclic) bond motifs is 2. The summed E-state index contributed by atoms with van der Waals surface area (Å²) in [6.07, 6.45) is 3.70. The quantitative estimate of drug-likeness (QED) is 0.391. The Morgan fingerprint density at radius 2 is 1.05 bits per heavy atom. The molecule has 0 saturated carbocycles. The maximum absolute atomic E-state index is 9.03. The molecule has 0 atom stereocenters. The molecule has 0 amide bonds. The van der Waals surface area contributed by atoms with Gasteiger partial charge in [0, 0.05) is 35.6 Å². The van der Waals surface area contributed by atoms with E-state index in [0.717, 1.165) is 21.8 Å². The Hall–Kier alpha value is -2.88. The Balaban J connectivity index is 0.000000121. The first-order valence-corrected chi connectivity index (χ1v) is 6.24. The van der Waals surface area contributed by atoms with E-state index in [1.54, 1.807) is 24.3 Å². The standard InChI is InChI=1S/2C8H7NO/c2*10-7-2-1-6-3-4-9-8(6)5-7/h2*1-5,9-10H. The van der Waals surface area contributed by atoms with Gasteiger partial charge < -0.3 is 20.2 Å². The second kappa shape index (κ2) is 5.01. The van der Waals surface area contributed by atoms with Crippen molar-refractivity contribution < 1.29 is 10.2 Å². The lowest BCUT2D eigenvalue weighted by molar-refractivity contribution is 0.475. The number of phenols is 2. The minimum atomic E-state index is 0.301. The van der Waals surface area contributed by atoms with Crippen LogP contribution in [0.25, 0.3) is 21.8 Å². The van der Waals surface area contributed by atoms with Gasteiger partial charge >= 0.3 is 0 Å². The Labute approximate surface area is 115 Å². The van der Waals surface area contributed by atoms with Crippen molar-refractivity contribution in [2.75, 3.05) is 0 Å². The van der Waals surface area contributed by atoms with Crippen molar-refractivity contribution in [2.24, 2.45) is 0 Å². The zero-order valence-electron chi connectivity index (χ0n) is 10.7. The molecule has 4 nitrogen and oxygen atoms in total. The molecule has 0 saturated heterocycles. The van der Waals surface area contributed by atoms with E-state index in [9.17, 15) is 0 Å². The molecule has 0 aliphatic heterocycles. The van der Waals surface area contributed by atoms with Crippen molar-refractivity contribution in [1.29, 1.82) is 0 Å². The zero-order valence-corrected chi connectivity index (χ0v) is 10.7. The van der Waals surface area contributed by atoms with Gasteiger partial charge in [-0.25, -0.2) is 0 Å². The van der Waals surface area contributed by atoms with E-state index >= 15 is 0 Å². The number of hydrogen-bond acceptors (Lipinski definition) is 2. The van der Waals surface area contributed by atoms with Crippen LogP contribution in [0, 0.1) is 0 Å². The molecule has 4 N–H and O–H groups in total. The fourth-order valence-electron chi connectivity index (χ4n) is 2.07. The lowest BCUT2D eigenvalue weighted by atomic mass is 10.2. The number of H-pyrrole nitrogens is 2. The van der Waals surface area contributed by atoms with Crippen LogP contribution in [-0.2, 0) is 0 Å². The van der Waals surface area contributed by atoms with Gasteiger partial charge in [-0.3, -0.25) is 0 Å². The molecule has 0 aliphatic rings. The van der Waals surface area contributed by atoms with Gasteiger partial charge in [-0.05, 0) is 47.2 Å².